The molecule has 1 aromatic carbocycles. The summed E-state index contributed by atoms with van der Waals surface area (Å²) in [6.45, 7) is 9.85. The van der Waals surface area contributed by atoms with Crippen molar-refractivity contribution in [1.82, 2.24) is 35.3 Å². The molecule has 198 valence electrons. The van der Waals surface area contributed by atoms with E-state index in [-0.39, 0.29) is 23.7 Å². The molecule has 0 unspecified atom stereocenters. The van der Waals surface area contributed by atoms with Crippen LogP contribution in [0.25, 0.3) is 22.5 Å². The van der Waals surface area contributed by atoms with Crippen LogP contribution in [0, 0.1) is 17.8 Å². The molecule has 2 N–H and O–H groups in total. The molecule has 2 aromatic heterocycles. The van der Waals surface area contributed by atoms with Crippen LogP contribution in [0.1, 0.15) is 65.5 Å². The summed E-state index contributed by atoms with van der Waals surface area (Å²) in [6.07, 6.45) is 6.73. The van der Waals surface area contributed by atoms with Crippen LogP contribution in [-0.4, -0.2) is 59.9 Å². The Bertz CT molecular complexity index is 1190. The number of carbonyl (C=O) groups is 2. The molecule has 0 saturated carbocycles. The van der Waals surface area contributed by atoms with Gasteiger partial charge in [0.05, 0.1) is 12.4 Å². The standard InChI is InChI=1S/C27H37N7O3/c1-5-18(4)25(27(36)37)34-16-23(30-32-34)20-8-6-19(7-9-20)22-15-33(31-29-22)24(14-17(2)3)26(35)21-10-12-28-13-11-21/h6-9,15-18,21,24-25,28H,5,10-14H2,1-4H3,(H,36,37)/t18-,24-,25-/m0/s1. The van der Waals surface area contributed by atoms with E-state index in [1.54, 1.807) is 10.9 Å². The van der Waals surface area contributed by atoms with Gasteiger partial charge in [0, 0.05) is 17.0 Å². The second-order valence-corrected chi connectivity index (χ2v) is 10.5. The van der Waals surface area contributed by atoms with Crippen molar-refractivity contribution < 1.29 is 14.7 Å². The van der Waals surface area contributed by atoms with Crippen molar-refractivity contribution >= 4 is 11.8 Å². The van der Waals surface area contributed by atoms with E-state index in [0.717, 1.165) is 49.9 Å². The summed E-state index contributed by atoms with van der Waals surface area (Å²) in [6, 6.07) is 6.61. The van der Waals surface area contributed by atoms with Gasteiger partial charge < -0.3 is 10.4 Å². The number of piperidine rings is 1. The van der Waals surface area contributed by atoms with E-state index < -0.39 is 12.0 Å². The van der Waals surface area contributed by atoms with E-state index in [1.807, 2.05) is 44.3 Å². The summed E-state index contributed by atoms with van der Waals surface area (Å²) in [5.41, 5.74) is 3.01. The zero-order valence-electron chi connectivity index (χ0n) is 22.0. The lowest BCUT2D eigenvalue weighted by atomic mass is 9.86. The Hall–Kier alpha value is -3.40. The van der Waals surface area contributed by atoms with Crippen molar-refractivity contribution in [2.45, 2.75) is 65.5 Å². The fraction of sp³-hybridized carbons (Fsp3) is 0.556. The van der Waals surface area contributed by atoms with Crippen LogP contribution >= 0.6 is 0 Å². The van der Waals surface area contributed by atoms with Gasteiger partial charge in [-0.25, -0.2) is 14.2 Å². The maximum atomic E-state index is 13.4. The van der Waals surface area contributed by atoms with Crippen LogP contribution in [0.4, 0.5) is 0 Å². The Morgan fingerprint density at radius 1 is 0.973 bits per heavy atom. The maximum Gasteiger partial charge on any atom is 0.328 e. The Kier molecular flexibility index (Phi) is 8.48. The Labute approximate surface area is 217 Å². The Morgan fingerprint density at radius 2 is 1.51 bits per heavy atom. The van der Waals surface area contributed by atoms with Crippen LogP contribution in [0.2, 0.25) is 0 Å². The molecular weight excluding hydrogens is 470 g/mol. The van der Waals surface area contributed by atoms with Crippen molar-refractivity contribution in [3.8, 4) is 22.5 Å². The van der Waals surface area contributed by atoms with Crippen LogP contribution in [0.15, 0.2) is 36.7 Å². The van der Waals surface area contributed by atoms with Gasteiger partial charge in [0.2, 0.25) is 0 Å². The number of benzene rings is 1. The summed E-state index contributed by atoms with van der Waals surface area (Å²) < 4.78 is 3.17. The highest BCUT2D eigenvalue weighted by molar-refractivity contribution is 5.85. The lowest BCUT2D eigenvalue weighted by Gasteiger charge is -2.26. The van der Waals surface area contributed by atoms with E-state index in [2.05, 4.69) is 39.8 Å². The molecule has 0 radical (unpaired) electrons. The average Bonchev–Trinajstić information content (AvgIpc) is 3.58. The van der Waals surface area contributed by atoms with Crippen LogP contribution in [0.3, 0.4) is 0 Å². The molecule has 10 nitrogen and oxygen atoms in total. The van der Waals surface area contributed by atoms with Gasteiger partial charge in [-0.3, -0.25) is 4.79 Å². The van der Waals surface area contributed by atoms with Gasteiger partial charge in [-0.05, 0) is 44.2 Å². The van der Waals surface area contributed by atoms with E-state index in [4.69, 9.17) is 0 Å². The van der Waals surface area contributed by atoms with E-state index in [1.165, 1.54) is 4.68 Å². The predicted octanol–water partition coefficient (Wildman–Crippen LogP) is 4.03. The van der Waals surface area contributed by atoms with E-state index in [0.29, 0.717) is 17.3 Å². The Balaban J connectivity index is 1.52. The van der Waals surface area contributed by atoms with E-state index >= 15 is 0 Å². The van der Waals surface area contributed by atoms with Gasteiger partial charge in [0.15, 0.2) is 11.8 Å². The second-order valence-electron chi connectivity index (χ2n) is 10.5. The van der Waals surface area contributed by atoms with Crippen molar-refractivity contribution in [2.75, 3.05) is 13.1 Å². The summed E-state index contributed by atoms with van der Waals surface area (Å²) in [5, 5.41) is 30.0. The second kappa shape index (κ2) is 11.8. The largest absolute Gasteiger partial charge is 0.480 e. The first-order chi connectivity index (χ1) is 17.8. The number of ketones is 1. The molecule has 0 spiro atoms. The number of nitrogens with one attached hydrogen (secondary N) is 1. The van der Waals surface area contributed by atoms with Crippen LogP contribution in [-0.2, 0) is 9.59 Å². The third-order valence-electron chi connectivity index (χ3n) is 7.30. The van der Waals surface area contributed by atoms with Crippen molar-refractivity contribution in [2.24, 2.45) is 17.8 Å². The van der Waals surface area contributed by atoms with Crippen molar-refractivity contribution in [3.05, 3.63) is 36.7 Å². The van der Waals surface area contributed by atoms with Crippen molar-refractivity contribution in [3.63, 3.8) is 0 Å². The van der Waals surface area contributed by atoms with Gasteiger partial charge in [0.1, 0.15) is 17.4 Å². The van der Waals surface area contributed by atoms with Crippen molar-refractivity contribution in [1.29, 1.82) is 0 Å². The van der Waals surface area contributed by atoms with Crippen LogP contribution in [0.5, 0.6) is 0 Å². The number of hydrogen-bond acceptors (Lipinski definition) is 7. The molecule has 3 atom stereocenters. The molecule has 4 rings (SSSR count). The zero-order valence-corrected chi connectivity index (χ0v) is 22.0. The summed E-state index contributed by atoms with van der Waals surface area (Å²) in [7, 11) is 0. The molecule has 3 aromatic rings. The molecule has 1 fully saturated rings. The van der Waals surface area contributed by atoms with Gasteiger partial charge >= 0.3 is 5.97 Å². The third kappa shape index (κ3) is 6.12. The highest BCUT2D eigenvalue weighted by Crippen LogP contribution is 2.29. The minimum atomic E-state index is -0.918. The highest BCUT2D eigenvalue weighted by atomic mass is 16.4. The normalized spacial score (nSPS) is 17.0. The third-order valence-corrected chi connectivity index (χ3v) is 7.30. The molecule has 0 aliphatic carbocycles. The Morgan fingerprint density at radius 3 is 2.03 bits per heavy atom. The first-order valence-electron chi connectivity index (χ1n) is 13.2. The predicted molar refractivity (Wildman–Crippen MR) is 140 cm³/mol. The van der Waals surface area contributed by atoms with E-state index in [9.17, 15) is 14.7 Å². The number of hydrogen-bond donors (Lipinski definition) is 2. The minimum Gasteiger partial charge on any atom is -0.480 e. The monoisotopic (exact) mass is 507 g/mol. The number of aliphatic carboxylic acids is 1. The smallest absolute Gasteiger partial charge is 0.328 e. The number of carboxylic acid groups (broad SMARTS) is 1. The molecule has 3 heterocycles. The summed E-state index contributed by atoms with van der Waals surface area (Å²) >= 11 is 0. The molecule has 37 heavy (non-hydrogen) atoms. The van der Waals surface area contributed by atoms with Gasteiger partial charge in [0.25, 0.3) is 0 Å². The number of aromatic nitrogens is 6. The van der Waals surface area contributed by atoms with Gasteiger partial charge in [-0.2, -0.15) is 0 Å². The number of carbonyl (C=O) groups excluding carboxylic acids is 1. The molecule has 0 amide bonds. The lowest BCUT2D eigenvalue weighted by Crippen LogP contribution is -2.36. The average molecular weight is 508 g/mol. The SMILES string of the molecule is CC[C@H](C)[C@@H](C(=O)O)n1cc(-c2ccc(-c3cn([C@@H](CC(C)C)C(=O)C4CCNCC4)nn3)cc2)nn1. The first-order valence-corrected chi connectivity index (χ1v) is 13.2. The maximum absolute atomic E-state index is 13.4. The lowest BCUT2D eigenvalue weighted by molar-refractivity contribution is -0.143. The topological polar surface area (TPSA) is 128 Å². The highest BCUT2D eigenvalue weighted by Gasteiger charge is 2.31. The molecule has 1 saturated heterocycles. The number of rotatable bonds is 11. The van der Waals surface area contributed by atoms with Gasteiger partial charge in [-0.15, -0.1) is 10.2 Å². The van der Waals surface area contributed by atoms with Gasteiger partial charge in [-0.1, -0.05) is 68.8 Å². The molecule has 1 aliphatic heterocycles. The van der Waals surface area contributed by atoms with Crippen LogP contribution < -0.4 is 5.32 Å². The number of Topliss-reactive ketones (excluding diaryl/α,β-unsaturated/α-hetero) is 1. The number of carboxylic acids is 1. The zero-order chi connectivity index (χ0) is 26.5. The molecule has 0 bridgehead atoms. The molecule has 10 heteroatoms. The molecular formula is C27H37N7O3. The summed E-state index contributed by atoms with van der Waals surface area (Å²) in [5.74, 6) is -0.317. The fourth-order valence-electron chi connectivity index (χ4n) is 4.94. The molecule has 1 aliphatic rings. The summed E-state index contributed by atoms with van der Waals surface area (Å²) in [4.78, 5) is 25.1. The first kappa shape index (κ1) is 26.7. The fourth-order valence-corrected chi connectivity index (χ4v) is 4.94. The quantitative estimate of drug-likeness (QED) is 0.398. The minimum absolute atomic E-state index is 0.0615. The number of nitrogens with zero attached hydrogens (tertiary/aromatic N) is 6.